The molecule has 3 aromatic carbocycles. The monoisotopic (exact) mass is 328 g/mol. The van der Waals surface area contributed by atoms with Crippen LogP contribution in [0.4, 0.5) is 22.7 Å². The van der Waals surface area contributed by atoms with Crippen molar-refractivity contribution in [3.63, 3.8) is 0 Å². The Morgan fingerprint density at radius 1 is 0.760 bits per heavy atom. The number of aliphatic imine (C=N–C) groups is 1. The summed E-state index contributed by atoms with van der Waals surface area (Å²) in [7, 11) is 0. The summed E-state index contributed by atoms with van der Waals surface area (Å²) < 4.78 is 0. The number of rotatable bonds is 2. The SMILES string of the molecule is Nc1cccc(N=C2c3ccccc3C(=O)N2c2cccc(N)c2)c1. The molecule has 0 aliphatic carbocycles. The second-order valence-corrected chi connectivity index (χ2v) is 5.81. The average Bonchev–Trinajstić information content (AvgIpc) is 2.88. The molecule has 1 heterocycles. The first-order valence-electron chi connectivity index (χ1n) is 7.87. The lowest BCUT2D eigenvalue weighted by Crippen LogP contribution is -2.30. The van der Waals surface area contributed by atoms with Crippen molar-refractivity contribution in [2.75, 3.05) is 16.4 Å². The highest BCUT2D eigenvalue weighted by molar-refractivity contribution is 6.36. The number of carbonyl (C=O) groups is 1. The van der Waals surface area contributed by atoms with Crippen molar-refractivity contribution < 1.29 is 4.79 Å². The molecule has 3 aromatic rings. The number of benzene rings is 3. The third-order valence-electron chi connectivity index (χ3n) is 4.05. The topological polar surface area (TPSA) is 84.7 Å². The van der Waals surface area contributed by atoms with Gasteiger partial charge in [-0.15, -0.1) is 0 Å². The Morgan fingerprint density at radius 2 is 1.44 bits per heavy atom. The standard InChI is InChI=1S/C20H16N4O/c21-13-5-3-7-15(11-13)23-19-17-9-1-2-10-18(17)20(25)24(19)16-8-4-6-14(22)12-16/h1-12H,21-22H2. The number of hydrogen-bond acceptors (Lipinski definition) is 4. The van der Waals surface area contributed by atoms with E-state index in [9.17, 15) is 4.79 Å². The van der Waals surface area contributed by atoms with Crippen LogP contribution in [0.25, 0.3) is 0 Å². The molecule has 0 radical (unpaired) electrons. The van der Waals surface area contributed by atoms with Crippen LogP contribution < -0.4 is 16.4 Å². The smallest absolute Gasteiger partial charge is 0.264 e. The van der Waals surface area contributed by atoms with Gasteiger partial charge in [-0.05, 0) is 42.5 Å². The molecule has 122 valence electrons. The third kappa shape index (κ3) is 2.61. The molecule has 1 aliphatic rings. The third-order valence-corrected chi connectivity index (χ3v) is 4.05. The van der Waals surface area contributed by atoms with Crippen molar-refractivity contribution in [2.45, 2.75) is 0 Å². The van der Waals surface area contributed by atoms with Crippen molar-refractivity contribution in [3.8, 4) is 0 Å². The highest BCUT2D eigenvalue weighted by Gasteiger charge is 2.34. The van der Waals surface area contributed by atoms with E-state index in [0.717, 1.165) is 5.56 Å². The van der Waals surface area contributed by atoms with Gasteiger partial charge in [0, 0.05) is 16.9 Å². The molecule has 4 rings (SSSR count). The summed E-state index contributed by atoms with van der Waals surface area (Å²) in [6, 6.07) is 21.9. The Bertz CT molecular complexity index is 1010. The van der Waals surface area contributed by atoms with Crippen LogP contribution in [-0.2, 0) is 0 Å². The molecule has 0 spiro atoms. The van der Waals surface area contributed by atoms with E-state index in [1.54, 1.807) is 35.2 Å². The molecule has 1 amide bonds. The van der Waals surface area contributed by atoms with Gasteiger partial charge in [0.2, 0.25) is 0 Å². The lowest BCUT2D eigenvalue weighted by Gasteiger charge is -2.18. The minimum absolute atomic E-state index is 0.121. The molecule has 25 heavy (non-hydrogen) atoms. The Labute approximate surface area is 145 Å². The maximum atomic E-state index is 13.0. The van der Waals surface area contributed by atoms with Crippen LogP contribution >= 0.6 is 0 Å². The summed E-state index contributed by atoms with van der Waals surface area (Å²) in [4.78, 5) is 19.2. The number of hydrogen-bond donors (Lipinski definition) is 2. The van der Waals surface area contributed by atoms with E-state index in [2.05, 4.69) is 0 Å². The van der Waals surface area contributed by atoms with E-state index in [-0.39, 0.29) is 5.91 Å². The lowest BCUT2D eigenvalue weighted by atomic mass is 10.1. The maximum absolute atomic E-state index is 13.0. The van der Waals surface area contributed by atoms with Gasteiger partial charge < -0.3 is 11.5 Å². The quantitative estimate of drug-likeness (QED) is 0.705. The molecular formula is C20H16N4O. The van der Waals surface area contributed by atoms with Crippen LogP contribution in [0.1, 0.15) is 15.9 Å². The molecule has 0 saturated carbocycles. The summed E-state index contributed by atoms with van der Waals surface area (Å²) >= 11 is 0. The van der Waals surface area contributed by atoms with Crippen molar-refractivity contribution in [1.29, 1.82) is 0 Å². The first-order valence-corrected chi connectivity index (χ1v) is 7.87. The molecule has 0 atom stereocenters. The van der Waals surface area contributed by atoms with Crippen LogP contribution in [0.5, 0.6) is 0 Å². The zero-order valence-corrected chi connectivity index (χ0v) is 13.4. The van der Waals surface area contributed by atoms with Crippen LogP contribution in [0.2, 0.25) is 0 Å². The largest absolute Gasteiger partial charge is 0.399 e. The average molecular weight is 328 g/mol. The van der Waals surface area contributed by atoms with Crippen LogP contribution in [0, 0.1) is 0 Å². The molecule has 0 fully saturated rings. The predicted octanol–water partition coefficient (Wildman–Crippen LogP) is 3.59. The molecule has 4 N–H and O–H groups in total. The summed E-state index contributed by atoms with van der Waals surface area (Å²) in [6.45, 7) is 0. The fourth-order valence-corrected chi connectivity index (χ4v) is 2.93. The van der Waals surface area contributed by atoms with E-state index < -0.39 is 0 Å². The number of fused-ring (bicyclic) bond motifs is 1. The van der Waals surface area contributed by atoms with E-state index >= 15 is 0 Å². The molecule has 0 bridgehead atoms. The molecule has 1 aliphatic heterocycles. The Balaban J connectivity index is 1.92. The molecule has 0 unspecified atom stereocenters. The van der Waals surface area contributed by atoms with Gasteiger partial charge in [-0.3, -0.25) is 9.69 Å². The summed E-state index contributed by atoms with van der Waals surface area (Å²) in [6.07, 6.45) is 0. The number of nitrogens with two attached hydrogens (primary N) is 2. The molecule has 0 aromatic heterocycles. The van der Waals surface area contributed by atoms with Crippen molar-refractivity contribution in [3.05, 3.63) is 83.9 Å². The summed E-state index contributed by atoms with van der Waals surface area (Å²) in [5.74, 6) is 0.445. The number of amidine groups is 1. The number of amides is 1. The van der Waals surface area contributed by atoms with Gasteiger partial charge in [-0.25, -0.2) is 4.99 Å². The Hall–Kier alpha value is -3.60. The number of anilines is 3. The van der Waals surface area contributed by atoms with E-state index in [1.165, 1.54) is 0 Å². The molecule has 5 nitrogen and oxygen atoms in total. The normalized spacial score (nSPS) is 14.8. The van der Waals surface area contributed by atoms with E-state index in [4.69, 9.17) is 16.5 Å². The van der Waals surface area contributed by atoms with Gasteiger partial charge in [0.1, 0.15) is 5.84 Å². The zero-order chi connectivity index (χ0) is 17.4. The summed E-state index contributed by atoms with van der Waals surface area (Å²) in [5.41, 5.74) is 15.7. The second-order valence-electron chi connectivity index (χ2n) is 5.81. The second kappa shape index (κ2) is 5.79. The Kier molecular flexibility index (Phi) is 3.47. The number of nitrogens with zero attached hydrogens (tertiary/aromatic N) is 2. The minimum atomic E-state index is -0.121. The van der Waals surface area contributed by atoms with Crippen LogP contribution in [-0.4, -0.2) is 11.7 Å². The molecular weight excluding hydrogens is 312 g/mol. The van der Waals surface area contributed by atoms with Crippen molar-refractivity contribution in [1.82, 2.24) is 0 Å². The highest BCUT2D eigenvalue weighted by atomic mass is 16.2. The molecule has 5 heteroatoms. The number of nitrogen functional groups attached to an aromatic ring is 2. The summed E-state index contributed by atoms with van der Waals surface area (Å²) in [5, 5.41) is 0. The van der Waals surface area contributed by atoms with Gasteiger partial charge in [0.05, 0.1) is 16.9 Å². The van der Waals surface area contributed by atoms with Gasteiger partial charge in [0.15, 0.2) is 0 Å². The van der Waals surface area contributed by atoms with Gasteiger partial charge in [-0.2, -0.15) is 0 Å². The molecule has 0 saturated heterocycles. The first kappa shape index (κ1) is 15.0. The fraction of sp³-hybridized carbons (Fsp3) is 0. The lowest BCUT2D eigenvalue weighted by molar-refractivity contribution is 0.101. The maximum Gasteiger partial charge on any atom is 0.264 e. The van der Waals surface area contributed by atoms with Crippen LogP contribution in [0.3, 0.4) is 0 Å². The van der Waals surface area contributed by atoms with Gasteiger partial charge in [-0.1, -0.05) is 30.3 Å². The first-order chi connectivity index (χ1) is 12.1. The fourth-order valence-electron chi connectivity index (χ4n) is 2.93. The number of carbonyl (C=O) groups excluding carboxylic acids is 1. The zero-order valence-electron chi connectivity index (χ0n) is 13.4. The van der Waals surface area contributed by atoms with Crippen molar-refractivity contribution in [2.24, 2.45) is 4.99 Å². The van der Waals surface area contributed by atoms with E-state index in [0.29, 0.717) is 34.1 Å². The van der Waals surface area contributed by atoms with Crippen molar-refractivity contribution >= 4 is 34.5 Å². The Morgan fingerprint density at radius 3 is 2.16 bits per heavy atom. The van der Waals surface area contributed by atoms with E-state index in [1.807, 2.05) is 42.5 Å². The predicted molar refractivity (Wildman–Crippen MR) is 101 cm³/mol. The highest BCUT2D eigenvalue weighted by Crippen LogP contribution is 2.31. The van der Waals surface area contributed by atoms with Gasteiger partial charge in [0.25, 0.3) is 5.91 Å². The van der Waals surface area contributed by atoms with Crippen LogP contribution in [0.15, 0.2) is 77.8 Å². The van der Waals surface area contributed by atoms with Gasteiger partial charge >= 0.3 is 0 Å². The minimum Gasteiger partial charge on any atom is -0.399 e.